The Labute approximate surface area is 116 Å². The molecular weight excluding hydrogens is 238 g/mol. The number of carbonyl (C=O) groups excluding carboxylic acids is 1. The lowest BCUT2D eigenvalue weighted by atomic mass is 9.98. The Morgan fingerprint density at radius 3 is 2.63 bits per heavy atom. The molecule has 2 atom stereocenters. The molecule has 1 heterocycles. The van der Waals surface area contributed by atoms with Crippen LogP contribution in [0.2, 0.25) is 0 Å². The van der Waals surface area contributed by atoms with Gasteiger partial charge in [-0.3, -0.25) is 4.79 Å². The van der Waals surface area contributed by atoms with E-state index in [4.69, 9.17) is 4.74 Å². The third-order valence-electron chi connectivity index (χ3n) is 5.08. The summed E-state index contributed by atoms with van der Waals surface area (Å²) in [5, 5.41) is 3.24. The van der Waals surface area contributed by atoms with Gasteiger partial charge in [-0.05, 0) is 43.9 Å². The number of hydrogen-bond acceptors (Lipinski definition) is 2. The molecule has 108 valence electrons. The summed E-state index contributed by atoms with van der Waals surface area (Å²) in [6.07, 6.45) is 12.4. The lowest BCUT2D eigenvalue weighted by Crippen LogP contribution is -2.42. The lowest BCUT2D eigenvalue weighted by molar-refractivity contribution is -0.123. The number of hydrogen-bond donors (Lipinski definition) is 1. The highest BCUT2D eigenvalue weighted by Gasteiger charge is 2.36. The highest BCUT2D eigenvalue weighted by molar-refractivity contribution is 5.76. The number of ether oxygens (including phenoxy) is 1. The molecule has 0 aromatic carbocycles. The molecule has 3 rings (SSSR count). The molecule has 0 aromatic rings. The molecule has 1 aliphatic heterocycles. The van der Waals surface area contributed by atoms with Gasteiger partial charge in [0.2, 0.25) is 5.91 Å². The Hall–Kier alpha value is -0.570. The van der Waals surface area contributed by atoms with E-state index < -0.39 is 0 Å². The molecule has 3 aliphatic rings. The summed E-state index contributed by atoms with van der Waals surface area (Å²) >= 11 is 0. The van der Waals surface area contributed by atoms with Gasteiger partial charge in [0.25, 0.3) is 0 Å². The first-order valence-corrected chi connectivity index (χ1v) is 8.22. The molecule has 0 aromatic heterocycles. The molecule has 3 heteroatoms. The molecule has 19 heavy (non-hydrogen) atoms. The Kier molecular flexibility index (Phi) is 4.42. The zero-order chi connectivity index (χ0) is 13.1. The molecule has 2 unspecified atom stereocenters. The molecule has 1 amide bonds. The van der Waals surface area contributed by atoms with Crippen molar-refractivity contribution in [1.82, 2.24) is 5.32 Å². The monoisotopic (exact) mass is 265 g/mol. The SMILES string of the molecule is O=C(CCC1CCCC1)NC1CCOC(C2CC2)C1. The van der Waals surface area contributed by atoms with E-state index in [1.165, 1.54) is 38.5 Å². The van der Waals surface area contributed by atoms with Crippen LogP contribution in [-0.2, 0) is 9.53 Å². The maximum absolute atomic E-state index is 12.0. The standard InChI is InChI=1S/C16H27NO2/c18-16(8-5-12-3-1-2-4-12)17-14-9-10-19-15(11-14)13-6-7-13/h12-15H,1-11H2,(H,17,18). The van der Waals surface area contributed by atoms with Gasteiger partial charge in [0, 0.05) is 19.1 Å². The van der Waals surface area contributed by atoms with Crippen molar-refractivity contribution in [1.29, 1.82) is 0 Å². The van der Waals surface area contributed by atoms with E-state index >= 15 is 0 Å². The molecule has 1 N–H and O–H groups in total. The maximum Gasteiger partial charge on any atom is 0.220 e. The second kappa shape index (κ2) is 6.25. The molecular formula is C16H27NO2. The third-order valence-corrected chi connectivity index (χ3v) is 5.08. The minimum absolute atomic E-state index is 0.272. The summed E-state index contributed by atoms with van der Waals surface area (Å²) in [5.41, 5.74) is 0. The van der Waals surface area contributed by atoms with Gasteiger partial charge in [-0.25, -0.2) is 0 Å². The fourth-order valence-electron chi connectivity index (χ4n) is 3.69. The quantitative estimate of drug-likeness (QED) is 0.829. The van der Waals surface area contributed by atoms with E-state index in [2.05, 4.69) is 5.32 Å². The second-order valence-electron chi connectivity index (χ2n) is 6.72. The van der Waals surface area contributed by atoms with Gasteiger partial charge in [0.05, 0.1) is 6.10 Å². The van der Waals surface area contributed by atoms with Crippen molar-refractivity contribution in [3.05, 3.63) is 0 Å². The first kappa shape index (κ1) is 13.4. The Morgan fingerprint density at radius 2 is 1.89 bits per heavy atom. The largest absolute Gasteiger partial charge is 0.378 e. The van der Waals surface area contributed by atoms with Crippen LogP contribution in [0.5, 0.6) is 0 Å². The Morgan fingerprint density at radius 1 is 1.11 bits per heavy atom. The van der Waals surface area contributed by atoms with Gasteiger partial charge in [0.15, 0.2) is 0 Å². The summed E-state index contributed by atoms with van der Waals surface area (Å²) in [6, 6.07) is 0.371. The third kappa shape index (κ3) is 3.95. The van der Waals surface area contributed by atoms with Crippen LogP contribution in [0.25, 0.3) is 0 Å². The van der Waals surface area contributed by atoms with E-state index in [0.717, 1.165) is 44.1 Å². The van der Waals surface area contributed by atoms with Crippen LogP contribution in [0.4, 0.5) is 0 Å². The fourth-order valence-corrected chi connectivity index (χ4v) is 3.69. The zero-order valence-electron chi connectivity index (χ0n) is 11.9. The van der Waals surface area contributed by atoms with Gasteiger partial charge in [-0.15, -0.1) is 0 Å². The van der Waals surface area contributed by atoms with E-state index in [1.807, 2.05) is 0 Å². The normalized spacial score (nSPS) is 32.4. The smallest absolute Gasteiger partial charge is 0.220 e. The predicted octanol–water partition coefficient (Wildman–Crippen LogP) is 3.03. The van der Waals surface area contributed by atoms with Crippen molar-refractivity contribution in [2.45, 2.75) is 76.4 Å². The molecule has 1 saturated heterocycles. The first-order valence-electron chi connectivity index (χ1n) is 8.22. The highest BCUT2D eigenvalue weighted by Crippen LogP contribution is 2.38. The molecule has 0 bridgehead atoms. The Balaban J connectivity index is 1.36. The van der Waals surface area contributed by atoms with Gasteiger partial charge in [-0.2, -0.15) is 0 Å². The van der Waals surface area contributed by atoms with Gasteiger partial charge in [0.1, 0.15) is 0 Å². The number of amides is 1. The van der Waals surface area contributed by atoms with E-state index in [-0.39, 0.29) is 5.91 Å². The van der Waals surface area contributed by atoms with Crippen LogP contribution >= 0.6 is 0 Å². The molecule has 2 saturated carbocycles. The van der Waals surface area contributed by atoms with Crippen molar-refractivity contribution in [2.75, 3.05) is 6.61 Å². The van der Waals surface area contributed by atoms with Crippen molar-refractivity contribution < 1.29 is 9.53 Å². The second-order valence-corrected chi connectivity index (χ2v) is 6.72. The van der Waals surface area contributed by atoms with Crippen LogP contribution < -0.4 is 5.32 Å². The van der Waals surface area contributed by atoms with E-state index in [9.17, 15) is 4.79 Å². The number of rotatable bonds is 5. The van der Waals surface area contributed by atoms with Crippen molar-refractivity contribution in [3.63, 3.8) is 0 Å². The molecule has 0 spiro atoms. The van der Waals surface area contributed by atoms with Crippen LogP contribution in [-0.4, -0.2) is 24.7 Å². The summed E-state index contributed by atoms with van der Waals surface area (Å²) in [4.78, 5) is 12.0. The van der Waals surface area contributed by atoms with E-state index in [1.54, 1.807) is 0 Å². The summed E-state index contributed by atoms with van der Waals surface area (Å²) in [5.74, 6) is 1.88. The maximum atomic E-state index is 12.0. The van der Waals surface area contributed by atoms with Crippen LogP contribution in [0.3, 0.4) is 0 Å². The van der Waals surface area contributed by atoms with Crippen LogP contribution in [0.15, 0.2) is 0 Å². The highest BCUT2D eigenvalue weighted by atomic mass is 16.5. The fraction of sp³-hybridized carbons (Fsp3) is 0.938. The summed E-state index contributed by atoms with van der Waals surface area (Å²) < 4.78 is 5.80. The Bertz CT molecular complexity index is 308. The molecule has 3 fully saturated rings. The van der Waals surface area contributed by atoms with Crippen molar-refractivity contribution >= 4 is 5.91 Å². The van der Waals surface area contributed by atoms with Crippen LogP contribution in [0, 0.1) is 11.8 Å². The predicted molar refractivity (Wildman–Crippen MR) is 74.8 cm³/mol. The lowest BCUT2D eigenvalue weighted by Gasteiger charge is -2.30. The van der Waals surface area contributed by atoms with E-state index in [0.29, 0.717) is 12.1 Å². The minimum atomic E-state index is 0.272. The number of carbonyl (C=O) groups is 1. The van der Waals surface area contributed by atoms with Gasteiger partial charge >= 0.3 is 0 Å². The van der Waals surface area contributed by atoms with Crippen molar-refractivity contribution in [3.8, 4) is 0 Å². The summed E-state index contributed by atoms with van der Waals surface area (Å²) in [7, 11) is 0. The zero-order valence-corrected chi connectivity index (χ0v) is 11.9. The molecule has 2 aliphatic carbocycles. The van der Waals surface area contributed by atoms with Gasteiger partial charge in [-0.1, -0.05) is 25.7 Å². The molecule has 0 radical (unpaired) electrons. The topological polar surface area (TPSA) is 38.3 Å². The summed E-state index contributed by atoms with van der Waals surface area (Å²) in [6.45, 7) is 0.828. The average Bonchev–Trinajstić information content (AvgIpc) is 3.14. The van der Waals surface area contributed by atoms with Gasteiger partial charge < -0.3 is 10.1 Å². The van der Waals surface area contributed by atoms with Crippen LogP contribution in [0.1, 0.15) is 64.2 Å². The average molecular weight is 265 g/mol. The first-order chi connectivity index (χ1) is 9.31. The molecule has 3 nitrogen and oxygen atoms in total. The number of nitrogens with one attached hydrogen (secondary N) is 1. The van der Waals surface area contributed by atoms with Crippen molar-refractivity contribution in [2.24, 2.45) is 11.8 Å². The minimum Gasteiger partial charge on any atom is -0.378 e.